The van der Waals surface area contributed by atoms with E-state index >= 15 is 0 Å². The van der Waals surface area contributed by atoms with Crippen molar-refractivity contribution >= 4 is 49.4 Å². The van der Waals surface area contributed by atoms with Crippen molar-refractivity contribution in [2.45, 2.75) is 0 Å². The summed E-state index contributed by atoms with van der Waals surface area (Å²) in [6.45, 7) is 0. The minimum atomic E-state index is 0.605. The molecule has 0 N–H and O–H groups in total. The molecule has 10 aromatic rings. The van der Waals surface area contributed by atoms with E-state index in [1.807, 2.05) is 18.3 Å². The van der Waals surface area contributed by atoms with E-state index in [2.05, 4.69) is 155 Å². The van der Waals surface area contributed by atoms with Gasteiger partial charge in [0.25, 0.3) is 0 Å². The van der Waals surface area contributed by atoms with E-state index in [-0.39, 0.29) is 0 Å². The molecular formula is C43H27N5. The number of pyridine rings is 1. The molecule has 0 aliphatic heterocycles. The molecule has 6 aromatic carbocycles. The molecule has 0 spiro atoms. The standard InChI is InChI=1S/C43H27N5/c1-3-13-29(14-4-1)32-20-12-24-38-40(32)34-25-26-39-45-36-22-9-10-23-37(36)47(39)42(34)48(38)43-44-27-35(41(46-43)30-16-5-2-6-17-30)33-21-11-18-28-15-7-8-19-31(28)33/h1-27H. The number of imidazole rings is 1. The topological polar surface area (TPSA) is 48.0 Å². The van der Waals surface area contributed by atoms with Gasteiger partial charge in [-0.1, -0.05) is 127 Å². The first-order valence-electron chi connectivity index (χ1n) is 16.1. The largest absolute Gasteiger partial charge is 0.277 e. The number of aromatic nitrogens is 5. The molecule has 224 valence electrons. The highest BCUT2D eigenvalue weighted by Gasteiger charge is 2.23. The van der Waals surface area contributed by atoms with Gasteiger partial charge in [0.15, 0.2) is 0 Å². The smallest absolute Gasteiger partial charge is 0.236 e. The molecule has 0 aliphatic rings. The van der Waals surface area contributed by atoms with E-state index in [4.69, 9.17) is 15.0 Å². The maximum absolute atomic E-state index is 5.46. The van der Waals surface area contributed by atoms with Gasteiger partial charge in [-0.15, -0.1) is 0 Å². The predicted molar refractivity (Wildman–Crippen MR) is 196 cm³/mol. The van der Waals surface area contributed by atoms with Gasteiger partial charge in [0, 0.05) is 28.1 Å². The van der Waals surface area contributed by atoms with Crippen molar-refractivity contribution in [1.82, 2.24) is 23.9 Å². The average molecular weight is 614 g/mol. The molecule has 5 heteroatoms. The van der Waals surface area contributed by atoms with Crippen molar-refractivity contribution in [2.24, 2.45) is 0 Å². The second kappa shape index (κ2) is 10.5. The van der Waals surface area contributed by atoms with Crippen molar-refractivity contribution in [3.8, 4) is 39.5 Å². The molecule has 0 saturated carbocycles. The predicted octanol–water partition coefficient (Wildman–Crippen LogP) is 10.5. The number of hydrogen-bond acceptors (Lipinski definition) is 3. The van der Waals surface area contributed by atoms with Crippen molar-refractivity contribution in [3.63, 3.8) is 0 Å². The highest BCUT2D eigenvalue weighted by Crippen LogP contribution is 2.41. The van der Waals surface area contributed by atoms with Crippen LogP contribution in [0.15, 0.2) is 164 Å². The van der Waals surface area contributed by atoms with Crippen LogP contribution < -0.4 is 0 Å². The van der Waals surface area contributed by atoms with Crippen molar-refractivity contribution in [1.29, 1.82) is 0 Å². The normalized spacial score (nSPS) is 11.8. The summed E-state index contributed by atoms with van der Waals surface area (Å²) in [4.78, 5) is 15.7. The Morgan fingerprint density at radius 3 is 2.02 bits per heavy atom. The fourth-order valence-corrected chi connectivity index (χ4v) is 7.29. The summed E-state index contributed by atoms with van der Waals surface area (Å²) in [7, 11) is 0. The number of benzene rings is 6. The maximum Gasteiger partial charge on any atom is 0.236 e. The second-order valence-corrected chi connectivity index (χ2v) is 12.1. The number of nitrogens with zero attached hydrogens (tertiary/aromatic N) is 5. The molecule has 4 aromatic heterocycles. The fraction of sp³-hybridized carbons (Fsp3) is 0. The zero-order valence-electron chi connectivity index (χ0n) is 25.8. The van der Waals surface area contributed by atoms with Gasteiger partial charge in [0.05, 0.1) is 22.2 Å². The third-order valence-corrected chi connectivity index (χ3v) is 9.39. The second-order valence-electron chi connectivity index (χ2n) is 12.1. The zero-order chi connectivity index (χ0) is 31.6. The van der Waals surface area contributed by atoms with Gasteiger partial charge >= 0.3 is 0 Å². The molecular weight excluding hydrogens is 587 g/mol. The third-order valence-electron chi connectivity index (χ3n) is 9.39. The Balaban J connectivity index is 1.35. The quantitative estimate of drug-likeness (QED) is 0.198. The van der Waals surface area contributed by atoms with Gasteiger partial charge in [-0.05, 0) is 57.8 Å². The van der Waals surface area contributed by atoms with E-state index < -0.39 is 0 Å². The number of hydrogen-bond donors (Lipinski definition) is 0. The van der Waals surface area contributed by atoms with Crippen LogP contribution in [0.25, 0.3) is 88.8 Å². The molecule has 10 rings (SSSR count). The summed E-state index contributed by atoms with van der Waals surface area (Å²) in [6, 6.07) is 55.1. The zero-order valence-corrected chi connectivity index (χ0v) is 25.8. The number of rotatable bonds is 4. The average Bonchev–Trinajstić information content (AvgIpc) is 3.71. The molecule has 0 atom stereocenters. The Morgan fingerprint density at radius 1 is 0.458 bits per heavy atom. The lowest BCUT2D eigenvalue weighted by atomic mass is 9.96. The molecule has 0 bridgehead atoms. The van der Waals surface area contributed by atoms with Gasteiger partial charge in [0.1, 0.15) is 11.3 Å². The van der Waals surface area contributed by atoms with Gasteiger partial charge < -0.3 is 0 Å². The van der Waals surface area contributed by atoms with Crippen LogP contribution in [-0.4, -0.2) is 23.9 Å². The minimum Gasteiger partial charge on any atom is -0.277 e. The molecule has 0 unspecified atom stereocenters. The summed E-state index contributed by atoms with van der Waals surface area (Å²) in [6.07, 6.45) is 2.00. The lowest BCUT2D eigenvalue weighted by Crippen LogP contribution is -2.06. The highest BCUT2D eigenvalue weighted by atomic mass is 15.2. The molecule has 48 heavy (non-hydrogen) atoms. The van der Waals surface area contributed by atoms with Gasteiger partial charge in [0.2, 0.25) is 5.95 Å². The SMILES string of the molecule is c1ccc(-c2nc(-n3c4cccc(-c5ccccc5)c4c4ccc5nc6ccccc6n5c43)ncc2-c2cccc3ccccc23)cc1. The van der Waals surface area contributed by atoms with Crippen LogP contribution in [0.3, 0.4) is 0 Å². The molecule has 0 amide bonds. The van der Waals surface area contributed by atoms with Crippen LogP contribution in [0, 0.1) is 0 Å². The third kappa shape index (κ3) is 3.94. The van der Waals surface area contributed by atoms with Crippen LogP contribution in [-0.2, 0) is 0 Å². The van der Waals surface area contributed by atoms with E-state index in [0.29, 0.717) is 5.95 Å². The summed E-state index contributed by atoms with van der Waals surface area (Å²) < 4.78 is 4.47. The first-order valence-corrected chi connectivity index (χ1v) is 16.1. The monoisotopic (exact) mass is 613 g/mol. The Morgan fingerprint density at radius 2 is 1.15 bits per heavy atom. The maximum atomic E-state index is 5.46. The van der Waals surface area contributed by atoms with E-state index in [1.165, 1.54) is 10.8 Å². The molecule has 0 aliphatic carbocycles. The summed E-state index contributed by atoms with van der Waals surface area (Å²) in [5.41, 5.74) is 11.2. The summed E-state index contributed by atoms with van der Waals surface area (Å²) in [5, 5.41) is 4.62. The van der Waals surface area contributed by atoms with Crippen molar-refractivity contribution in [3.05, 3.63) is 164 Å². The van der Waals surface area contributed by atoms with Gasteiger partial charge in [-0.3, -0.25) is 8.97 Å². The molecule has 5 nitrogen and oxygen atoms in total. The van der Waals surface area contributed by atoms with Crippen LogP contribution in [0.4, 0.5) is 0 Å². The van der Waals surface area contributed by atoms with Gasteiger partial charge in [-0.25, -0.2) is 15.0 Å². The Hall–Kier alpha value is -6.59. The number of fused-ring (bicyclic) bond motifs is 8. The lowest BCUT2D eigenvalue weighted by molar-refractivity contribution is 0.973. The Kier molecular flexibility index (Phi) is 5.81. The first-order chi connectivity index (χ1) is 23.8. The molecule has 0 fully saturated rings. The Bertz CT molecular complexity index is 2830. The fourth-order valence-electron chi connectivity index (χ4n) is 7.29. The van der Waals surface area contributed by atoms with Crippen LogP contribution in [0.2, 0.25) is 0 Å². The first kappa shape index (κ1) is 26.6. The van der Waals surface area contributed by atoms with Crippen LogP contribution >= 0.6 is 0 Å². The highest BCUT2D eigenvalue weighted by molar-refractivity contribution is 6.16. The summed E-state index contributed by atoms with van der Waals surface area (Å²) >= 11 is 0. The lowest BCUT2D eigenvalue weighted by Gasteiger charge is -2.15. The number of para-hydroxylation sites is 2. The van der Waals surface area contributed by atoms with E-state index in [0.717, 1.165) is 72.1 Å². The van der Waals surface area contributed by atoms with Crippen LogP contribution in [0.1, 0.15) is 0 Å². The summed E-state index contributed by atoms with van der Waals surface area (Å²) in [5.74, 6) is 0.605. The van der Waals surface area contributed by atoms with Crippen LogP contribution in [0.5, 0.6) is 0 Å². The Labute approximate surface area is 276 Å². The van der Waals surface area contributed by atoms with E-state index in [1.54, 1.807) is 0 Å². The minimum absolute atomic E-state index is 0.605. The molecule has 0 saturated heterocycles. The molecule has 0 radical (unpaired) electrons. The van der Waals surface area contributed by atoms with Crippen molar-refractivity contribution < 1.29 is 0 Å². The van der Waals surface area contributed by atoms with Crippen molar-refractivity contribution in [2.75, 3.05) is 0 Å². The van der Waals surface area contributed by atoms with Gasteiger partial charge in [-0.2, -0.15) is 0 Å². The van der Waals surface area contributed by atoms with E-state index in [9.17, 15) is 0 Å². The molecule has 4 heterocycles.